The monoisotopic (exact) mass is 357 g/mol. The summed E-state index contributed by atoms with van der Waals surface area (Å²) in [6.07, 6.45) is 1.75. The van der Waals surface area contributed by atoms with Gasteiger partial charge in [-0.2, -0.15) is 5.10 Å². The SMILES string of the molecule is Cc1c(CN(C)C(=O)c2ccc(COc3ccc(F)cc3)o2)cnn1C. The van der Waals surface area contributed by atoms with Gasteiger partial charge in [-0.3, -0.25) is 9.48 Å². The van der Waals surface area contributed by atoms with Crippen LogP contribution < -0.4 is 4.74 Å². The van der Waals surface area contributed by atoms with E-state index in [0.717, 1.165) is 11.3 Å². The summed E-state index contributed by atoms with van der Waals surface area (Å²) in [4.78, 5) is 14.1. The number of halogens is 1. The fourth-order valence-corrected chi connectivity index (χ4v) is 2.47. The fraction of sp³-hybridized carbons (Fsp3) is 0.263. The first kappa shape index (κ1) is 17.7. The molecule has 26 heavy (non-hydrogen) atoms. The van der Waals surface area contributed by atoms with Gasteiger partial charge in [-0.1, -0.05) is 0 Å². The van der Waals surface area contributed by atoms with Crippen LogP contribution in [-0.4, -0.2) is 27.6 Å². The molecule has 0 saturated carbocycles. The van der Waals surface area contributed by atoms with Crippen molar-refractivity contribution in [2.24, 2.45) is 7.05 Å². The number of carbonyl (C=O) groups is 1. The Morgan fingerprint density at radius 1 is 1.27 bits per heavy atom. The first-order valence-electron chi connectivity index (χ1n) is 8.14. The Bertz CT molecular complexity index is 899. The van der Waals surface area contributed by atoms with Gasteiger partial charge in [-0.05, 0) is 43.3 Å². The number of ether oxygens (including phenoxy) is 1. The minimum Gasteiger partial charge on any atom is -0.486 e. The molecule has 0 bridgehead atoms. The molecule has 2 aromatic heterocycles. The molecule has 0 aliphatic carbocycles. The highest BCUT2D eigenvalue weighted by molar-refractivity contribution is 5.91. The van der Waals surface area contributed by atoms with Crippen molar-refractivity contribution in [3.8, 4) is 5.75 Å². The van der Waals surface area contributed by atoms with Gasteiger partial charge in [0.1, 0.15) is 23.9 Å². The van der Waals surface area contributed by atoms with Crippen LogP contribution in [0, 0.1) is 12.7 Å². The Morgan fingerprint density at radius 2 is 2.00 bits per heavy atom. The number of nitrogens with zero attached hydrogens (tertiary/aromatic N) is 3. The number of carbonyl (C=O) groups excluding carboxylic acids is 1. The van der Waals surface area contributed by atoms with Crippen molar-refractivity contribution in [1.29, 1.82) is 0 Å². The molecule has 0 unspecified atom stereocenters. The molecule has 0 spiro atoms. The van der Waals surface area contributed by atoms with Gasteiger partial charge in [0.15, 0.2) is 5.76 Å². The largest absolute Gasteiger partial charge is 0.486 e. The molecule has 1 aromatic carbocycles. The van der Waals surface area contributed by atoms with Crippen molar-refractivity contribution in [3.63, 3.8) is 0 Å². The smallest absolute Gasteiger partial charge is 0.289 e. The minimum atomic E-state index is -0.324. The quantitative estimate of drug-likeness (QED) is 0.679. The highest BCUT2D eigenvalue weighted by atomic mass is 19.1. The average molecular weight is 357 g/mol. The second-order valence-electron chi connectivity index (χ2n) is 6.05. The molecule has 2 heterocycles. The lowest BCUT2D eigenvalue weighted by Gasteiger charge is -2.15. The number of hydrogen-bond acceptors (Lipinski definition) is 4. The standard InChI is InChI=1S/C19H20FN3O3/c1-13-14(10-21-23(13)3)11-22(2)19(24)18-9-8-17(26-18)12-25-16-6-4-15(20)5-7-16/h4-10H,11-12H2,1-3H3. The first-order valence-corrected chi connectivity index (χ1v) is 8.14. The zero-order valence-electron chi connectivity index (χ0n) is 14.9. The lowest BCUT2D eigenvalue weighted by atomic mass is 10.2. The van der Waals surface area contributed by atoms with Gasteiger partial charge < -0.3 is 14.1 Å². The Balaban J connectivity index is 1.60. The number of aryl methyl sites for hydroxylation is 1. The molecule has 7 heteroatoms. The summed E-state index contributed by atoms with van der Waals surface area (Å²) >= 11 is 0. The zero-order chi connectivity index (χ0) is 18.7. The van der Waals surface area contributed by atoms with Crippen LogP contribution in [0.4, 0.5) is 4.39 Å². The molecule has 0 saturated heterocycles. The predicted octanol–water partition coefficient (Wildman–Crippen LogP) is 3.31. The van der Waals surface area contributed by atoms with Crippen LogP contribution in [0.15, 0.2) is 47.0 Å². The van der Waals surface area contributed by atoms with Crippen molar-refractivity contribution in [3.05, 3.63) is 71.2 Å². The molecule has 1 amide bonds. The van der Waals surface area contributed by atoms with Crippen LogP contribution in [0.5, 0.6) is 5.75 Å². The molecule has 136 valence electrons. The lowest BCUT2D eigenvalue weighted by Crippen LogP contribution is -2.26. The minimum absolute atomic E-state index is 0.157. The van der Waals surface area contributed by atoms with E-state index in [1.54, 1.807) is 35.0 Å². The number of benzene rings is 1. The van der Waals surface area contributed by atoms with E-state index in [-0.39, 0.29) is 24.1 Å². The van der Waals surface area contributed by atoms with Gasteiger partial charge in [0.25, 0.3) is 5.91 Å². The molecule has 3 rings (SSSR count). The molecule has 0 N–H and O–H groups in total. The van der Waals surface area contributed by atoms with Crippen molar-refractivity contribution in [2.45, 2.75) is 20.1 Å². The van der Waals surface area contributed by atoms with E-state index >= 15 is 0 Å². The normalized spacial score (nSPS) is 10.8. The summed E-state index contributed by atoms with van der Waals surface area (Å²) in [5, 5.41) is 4.18. The molecule has 0 aliphatic heterocycles. The maximum atomic E-state index is 12.9. The molecular weight excluding hydrogens is 337 g/mol. The summed E-state index contributed by atoms with van der Waals surface area (Å²) in [6, 6.07) is 9.03. The zero-order valence-corrected chi connectivity index (χ0v) is 14.9. The average Bonchev–Trinajstić information content (AvgIpc) is 3.23. The van der Waals surface area contributed by atoms with Gasteiger partial charge in [-0.25, -0.2) is 4.39 Å². The topological polar surface area (TPSA) is 60.5 Å². The van der Waals surface area contributed by atoms with Gasteiger partial charge in [-0.15, -0.1) is 0 Å². The summed E-state index contributed by atoms with van der Waals surface area (Å²) in [6.45, 7) is 2.56. The second-order valence-corrected chi connectivity index (χ2v) is 6.05. The predicted molar refractivity (Wildman–Crippen MR) is 93.2 cm³/mol. The molecule has 6 nitrogen and oxygen atoms in total. The van der Waals surface area contributed by atoms with Crippen LogP contribution in [0.2, 0.25) is 0 Å². The first-order chi connectivity index (χ1) is 12.4. The van der Waals surface area contributed by atoms with Crippen LogP contribution in [-0.2, 0) is 20.2 Å². The number of furan rings is 1. The summed E-state index contributed by atoms with van der Waals surface area (Å²) in [5.41, 5.74) is 1.99. The molecule has 0 radical (unpaired) electrons. The number of rotatable bonds is 6. The molecule has 0 aliphatic rings. The van der Waals surface area contributed by atoms with Gasteiger partial charge in [0, 0.05) is 31.9 Å². The maximum Gasteiger partial charge on any atom is 0.289 e. The number of aromatic nitrogens is 2. The van der Waals surface area contributed by atoms with Gasteiger partial charge in [0.05, 0.1) is 6.20 Å². The molecule has 0 fully saturated rings. The van der Waals surface area contributed by atoms with E-state index in [4.69, 9.17) is 9.15 Å². The molecular formula is C19H20FN3O3. The third-order valence-electron chi connectivity index (χ3n) is 4.16. The third-order valence-corrected chi connectivity index (χ3v) is 4.16. The molecule has 3 aromatic rings. The Morgan fingerprint density at radius 3 is 2.65 bits per heavy atom. The van der Waals surface area contributed by atoms with Crippen molar-refractivity contribution >= 4 is 5.91 Å². The van der Waals surface area contributed by atoms with E-state index in [0.29, 0.717) is 18.1 Å². The Kier molecular flexibility index (Phi) is 5.06. The van der Waals surface area contributed by atoms with Crippen LogP contribution in [0.25, 0.3) is 0 Å². The number of hydrogen-bond donors (Lipinski definition) is 0. The lowest BCUT2D eigenvalue weighted by molar-refractivity contribution is 0.0749. The highest BCUT2D eigenvalue weighted by Crippen LogP contribution is 2.17. The van der Waals surface area contributed by atoms with Gasteiger partial charge >= 0.3 is 0 Å². The van der Waals surface area contributed by atoms with E-state index in [1.807, 2.05) is 14.0 Å². The Labute approximate surface area is 150 Å². The van der Waals surface area contributed by atoms with E-state index < -0.39 is 0 Å². The Hall–Kier alpha value is -3.09. The summed E-state index contributed by atoms with van der Waals surface area (Å²) in [7, 11) is 3.58. The van der Waals surface area contributed by atoms with E-state index in [2.05, 4.69) is 5.10 Å². The number of amides is 1. The van der Waals surface area contributed by atoms with Crippen molar-refractivity contribution in [1.82, 2.24) is 14.7 Å². The summed E-state index contributed by atoms with van der Waals surface area (Å²) in [5.74, 6) is 0.742. The highest BCUT2D eigenvalue weighted by Gasteiger charge is 2.18. The van der Waals surface area contributed by atoms with Crippen LogP contribution in [0.3, 0.4) is 0 Å². The van der Waals surface area contributed by atoms with E-state index in [9.17, 15) is 9.18 Å². The second kappa shape index (κ2) is 7.43. The van der Waals surface area contributed by atoms with Crippen molar-refractivity contribution in [2.75, 3.05) is 7.05 Å². The van der Waals surface area contributed by atoms with E-state index in [1.165, 1.54) is 24.3 Å². The third kappa shape index (κ3) is 3.93. The fourth-order valence-electron chi connectivity index (χ4n) is 2.47. The van der Waals surface area contributed by atoms with Crippen molar-refractivity contribution < 1.29 is 18.3 Å². The van der Waals surface area contributed by atoms with Crippen LogP contribution in [0.1, 0.15) is 27.6 Å². The summed E-state index contributed by atoms with van der Waals surface area (Å²) < 4.78 is 25.7. The maximum absolute atomic E-state index is 12.9. The van der Waals surface area contributed by atoms with Crippen LogP contribution >= 0.6 is 0 Å². The molecule has 0 atom stereocenters. The van der Waals surface area contributed by atoms with Gasteiger partial charge in [0.2, 0.25) is 0 Å².